The van der Waals surface area contributed by atoms with Crippen LogP contribution in [-0.2, 0) is 4.43 Å². The minimum atomic E-state index is -1.42. The fourth-order valence-corrected chi connectivity index (χ4v) is 15.4. The second-order valence-corrected chi connectivity index (χ2v) is 18.4. The zero-order chi connectivity index (χ0) is 13.3. The van der Waals surface area contributed by atoms with Crippen LogP contribution in [-0.4, -0.2) is 22.5 Å². The van der Waals surface area contributed by atoms with Crippen molar-refractivity contribution in [2.45, 2.75) is 77.6 Å². The number of rotatable bonds is 4. The lowest BCUT2D eigenvalue weighted by atomic mass is 9.82. The van der Waals surface area contributed by atoms with E-state index in [1.807, 2.05) is 0 Å². The first-order valence-corrected chi connectivity index (χ1v) is 14.1. The van der Waals surface area contributed by atoms with Crippen LogP contribution in [0.5, 0.6) is 0 Å². The average molecular weight is 273 g/mol. The third kappa shape index (κ3) is 6.21. The largest absolute Gasteiger partial charge is 0.415 e. The Morgan fingerprint density at radius 1 is 0.882 bits per heavy atom. The summed E-state index contributed by atoms with van der Waals surface area (Å²) in [7, 11) is -2.40. The van der Waals surface area contributed by atoms with Crippen LogP contribution in [0.3, 0.4) is 0 Å². The second-order valence-electron chi connectivity index (χ2n) is 8.15. The molecule has 0 aliphatic heterocycles. The molecule has 3 heteroatoms. The smallest absolute Gasteiger partial charge is 0.184 e. The van der Waals surface area contributed by atoms with Crippen LogP contribution >= 0.6 is 0 Å². The Morgan fingerprint density at radius 2 is 1.35 bits per heavy atom. The van der Waals surface area contributed by atoms with Gasteiger partial charge in [-0.15, -0.1) is 0 Å². The van der Waals surface area contributed by atoms with Gasteiger partial charge in [0.15, 0.2) is 8.32 Å². The van der Waals surface area contributed by atoms with E-state index in [0.29, 0.717) is 6.10 Å². The molecular formula is C14H32OSi2. The van der Waals surface area contributed by atoms with Crippen molar-refractivity contribution >= 4 is 16.4 Å². The van der Waals surface area contributed by atoms with Gasteiger partial charge in [0.05, 0.1) is 0 Å². The Hall–Kier alpha value is 0.394. The molecule has 1 aliphatic rings. The van der Waals surface area contributed by atoms with E-state index in [9.17, 15) is 0 Å². The third-order valence-electron chi connectivity index (χ3n) is 3.58. The van der Waals surface area contributed by atoms with E-state index >= 15 is 0 Å². The summed E-state index contributed by atoms with van der Waals surface area (Å²) in [6.45, 7) is 17.0. The summed E-state index contributed by atoms with van der Waals surface area (Å²) in [6.07, 6.45) is 4.56. The van der Waals surface area contributed by atoms with Crippen molar-refractivity contribution in [3.05, 3.63) is 0 Å². The van der Waals surface area contributed by atoms with Crippen LogP contribution in [0.4, 0.5) is 0 Å². The van der Waals surface area contributed by atoms with Crippen LogP contribution in [0, 0.1) is 11.8 Å². The lowest BCUT2D eigenvalue weighted by Gasteiger charge is -2.38. The first kappa shape index (κ1) is 15.5. The van der Waals surface area contributed by atoms with Crippen LogP contribution in [0.2, 0.25) is 38.4 Å². The molecule has 0 spiro atoms. The minimum absolute atomic E-state index is 0.562. The number of hydrogen-bond donors (Lipinski definition) is 0. The zero-order valence-corrected chi connectivity index (χ0v) is 15.0. The molecule has 0 aromatic heterocycles. The van der Waals surface area contributed by atoms with Gasteiger partial charge in [0.2, 0.25) is 0 Å². The molecule has 0 aromatic rings. The summed E-state index contributed by atoms with van der Waals surface area (Å²) in [5.74, 6) is 1.72. The Labute approximate surface area is 110 Å². The van der Waals surface area contributed by atoms with Gasteiger partial charge in [-0.3, -0.25) is 0 Å². The van der Waals surface area contributed by atoms with Gasteiger partial charge >= 0.3 is 0 Å². The van der Waals surface area contributed by atoms with Crippen LogP contribution in [0.1, 0.15) is 33.1 Å². The van der Waals surface area contributed by atoms with Crippen LogP contribution in [0.25, 0.3) is 0 Å². The van der Waals surface area contributed by atoms with Gasteiger partial charge in [-0.05, 0) is 49.9 Å². The van der Waals surface area contributed by atoms with Gasteiger partial charge < -0.3 is 4.43 Å². The molecule has 102 valence electrons. The van der Waals surface area contributed by atoms with E-state index in [2.05, 4.69) is 46.6 Å². The molecule has 0 saturated heterocycles. The highest BCUT2D eigenvalue weighted by molar-refractivity contribution is 6.92. The van der Waals surface area contributed by atoms with Gasteiger partial charge in [0.1, 0.15) is 0 Å². The molecule has 1 saturated carbocycles. The van der Waals surface area contributed by atoms with Crippen molar-refractivity contribution in [2.75, 3.05) is 0 Å². The number of hydrogen-bond acceptors (Lipinski definition) is 1. The summed E-state index contributed by atoms with van der Waals surface area (Å²) in [5, 5.41) is 0. The molecule has 0 heterocycles. The fraction of sp³-hybridized carbons (Fsp3) is 1.00. The predicted molar refractivity (Wildman–Crippen MR) is 82.7 cm³/mol. The summed E-state index contributed by atoms with van der Waals surface area (Å²) in [5.41, 5.74) is 1.40. The summed E-state index contributed by atoms with van der Waals surface area (Å²) in [6, 6.07) is 0. The Balaban J connectivity index is 2.52. The lowest BCUT2D eigenvalue weighted by Crippen LogP contribution is -2.44. The van der Waals surface area contributed by atoms with E-state index < -0.39 is 16.4 Å². The molecule has 1 aliphatic carbocycles. The van der Waals surface area contributed by atoms with E-state index in [4.69, 9.17) is 4.43 Å². The monoisotopic (exact) mass is 272 g/mol. The van der Waals surface area contributed by atoms with Crippen molar-refractivity contribution < 1.29 is 4.43 Å². The fourth-order valence-electron chi connectivity index (χ4n) is 3.74. The van der Waals surface area contributed by atoms with Gasteiger partial charge in [0.25, 0.3) is 0 Å². The first-order chi connectivity index (χ1) is 7.57. The molecule has 1 nitrogen and oxygen atoms in total. The topological polar surface area (TPSA) is 9.23 Å². The highest BCUT2D eigenvalue weighted by Gasteiger charge is 2.34. The Morgan fingerprint density at radius 3 is 1.76 bits per heavy atom. The summed E-state index contributed by atoms with van der Waals surface area (Å²) in [4.78, 5) is 0. The van der Waals surface area contributed by atoms with E-state index in [0.717, 1.165) is 11.8 Å². The second kappa shape index (κ2) is 5.58. The first-order valence-electron chi connectivity index (χ1n) is 7.25. The van der Waals surface area contributed by atoms with E-state index in [1.54, 1.807) is 0 Å². The summed E-state index contributed by atoms with van der Waals surface area (Å²) >= 11 is 0. The van der Waals surface area contributed by atoms with Gasteiger partial charge in [0, 0.05) is 14.2 Å². The van der Waals surface area contributed by atoms with Crippen molar-refractivity contribution in [3.63, 3.8) is 0 Å². The molecule has 2 atom stereocenters. The molecule has 1 fully saturated rings. The Kier molecular flexibility index (Phi) is 5.07. The third-order valence-corrected chi connectivity index (χ3v) is 12.2. The molecule has 0 aromatic carbocycles. The maximum Gasteiger partial charge on any atom is 0.184 e. The van der Waals surface area contributed by atoms with Crippen molar-refractivity contribution in [1.82, 2.24) is 0 Å². The standard InChI is InChI=1S/C14H32OSi2/c1-12-8-13(2)10-14(9-12)15-17(6,7)11-16(3,4)5/h12-14H,8-11H2,1-7H3. The molecule has 0 amide bonds. The SMILES string of the molecule is CC1CC(C)CC(O[Si](C)(C)C[Si](C)(C)C)C1. The normalized spacial score (nSPS) is 31.6. The maximum absolute atomic E-state index is 6.57. The summed E-state index contributed by atoms with van der Waals surface area (Å²) < 4.78 is 6.57. The molecular weight excluding hydrogens is 240 g/mol. The molecule has 0 N–H and O–H groups in total. The van der Waals surface area contributed by atoms with Crippen LogP contribution in [0.15, 0.2) is 0 Å². The highest BCUT2D eigenvalue weighted by atomic mass is 28.4. The minimum Gasteiger partial charge on any atom is -0.415 e. The zero-order valence-electron chi connectivity index (χ0n) is 13.0. The molecule has 1 rings (SSSR count). The van der Waals surface area contributed by atoms with Gasteiger partial charge in [-0.2, -0.15) is 0 Å². The Bertz CT molecular complexity index is 235. The maximum atomic E-state index is 6.57. The predicted octanol–water partition coefficient (Wildman–Crippen LogP) is 4.91. The van der Waals surface area contributed by atoms with Crippen molar-refractivity contribution in [2.24, 2.45) is 11.8 Å². The molecule has 0 bridgehead atoms. The lowest BCUT2D eigenvalue weighted by molar-refractivity contribution is 0.0946. The van der Waals surface area contributed by atoms with Gasteiger partial charge in [-0.25, -0.2) is 0 Å². The van der Waals surface area contributed by atoms with Crippen LogP contribution < -0.4 is 0 Å². The van der Waals surface area contributed by atoms with E-state index in [-0.39, 0.29) is 0 Å². The van der Waals surface area contributed by atoms with E-state index in [1.165, 1.54) is 24.9 Å². The average Bonchev–Trinajstić information content (AvgIpc) is 1.93. The van der Waals surface area contributed by atoms with Crippen molar-refractivity contribution in [3.8, 4) is 0 Å². The molecule has 2 unspecified atom stereocenters. The molecule has 0 radical (unpaired) electrons. The quantitative estimate of drug-likeness (QED) is 0.661. The molecule has 17 heavy (non-hydrogen) atoms. The van der Waals surface area contributed by atoms with Gasteiger partial charge in [-0.1, -0.05) is 33.5 Å². The highest BCUT2D eigenvalue weighted by Crippen LogP contribution is 2.33. The van der Waals surface area contributed by atoms with Crippen molar-refractivity contribution in [1.29, 1.82) is 0 Å².